The van der Waals surface area contributed by atoms with Crippen molar-refractivity contribution in [2.45, 2.75) is 13.3 Å². The highest BCUT2D eigenvalue weighted by molar-refractivity contribution is 14.1. The summed E-state index contributed by atoms with van der Waals surface area (Å²) in [5.41, 5.74) is 6.01. The van der Waals surface area contributed by atoms with E-state index in [9.17, 15) is 8.78 Å². The zero-order valence-electron chi connectivity index (χ0n) is 6.31. The fourth-order valence-corrected chi connectivity index (χ4v) is 1.21. The van der Waals surface area contributed by atoms with E-state index in [0.29, 0.717) is 3.57 Å². The third-order valence-electron chi connectivity index (χ3n) is 1.46. The normalized spacial score (nSPS) is 10.8. The molecule has 0 atom stereocenters. The third-order valence-corrected chi connectivity index (χ3v) is 2.89. The zero-order chi connectivity index (χ0) is 9.30. The number of aromatic nitrogens is 1. The Morgan fingerprint density at radius 2 is 2.17 bits per heavy atom. The van der Waals surface area contributed by atoms with Crippen LogP contribution in [0.15, 0.2) is 6.20 Å². The maximum Gasteiger partial charge on any atom is 0.282 e. The zero-order valence-corrected chi connectivity index (χ0v) is 8.47. The Labute approximate surface area is 82.3 Å². The van der Waals surface area contributed by atoms with Crippen molar-refractivity contribution in [1.82, 2.24) is 4.98 Å². The Morgan fingerprint density at radius 1 is 1.58 bits per heavy atom. The van der Waals surface area contributed by atoms with E-state index in [0.717, 1.165) is 5.56 Å². The predicted octanol–water partition coefficient (Wildman–Crippen LogP) is 2.51. The molecule has 1 aromatic heterocycles. The second-order valence-electron chi connectivity index (χ2n) is 2.35. The van der Waals surface area contributed by atoms with E-state index >= 15 is 0 Å². The predicted molar refractivity (Wildman–Crippen MR) is 51.1 cm³/mol. The maximum atomic E-state index is 12.2. The van der Waals surface area contributed by atoms with Crippen LogP contribution in [-0.4, -0.2) is 4.98 Å². The number of alkyl halides is 2. The second kappa shape index (κ2) is 3.51. The average molecular weight is 284 g/mol. The molecule has 0 bridgehead atoms. The van der Waals surface area contributed by atoms with Crippen molar-refractivity contribution in [3.8, 4) is 0 Å². The molecule has 5 heteroatoms. The van der Waals surface area contributed by atoms with Crippen LogP contribution in [0.2, 0.25) is 0 Å². The molecule has 1 aromatic rings. The first-order chi connectivity index (χ1) is 5.54. The summed E-state index contributed by atoms with van der Waals surface area (Å²) in [5.74, 6) is 0. The summed E-state index contributed by atoms with van der Waals surface area (Å²) < 4.78 is 25.0. The number of anilines is 1. The molecule has 0 aliphatic rings. The molecule has 0 spiro atoms. The van der Waals surface area contributed by atoms with Gasteiger partial charge >= 0.3 is 0 Å². The molecule has 0 aliphatic heterocycles. The number of halogens is 3. The van der Waals surface area contributed by atoms with Gasteiger partial charge in [-0.3, -0.25) is 4.98 Å². The van der Waals surface area contributed by atoms with Gasteiger partial charge in [0.1, 0.15) is 5.69 Å². The Morgan fingerprint density at radius 3 is 2.67 bits per heavy atom. The van der Waals surface area contributed by atoms with Gasteiger partial charge in [0.25, 0.3) is 6.43 Å². The minimum Gasteiger partial charge on any atom is -0.396 e. The molecule has 0 fully saturated rings. The first-order valence-corrected chi connectivity index (χ1v) is 4.30. The molecule has 0 aromatic carbocycles. The summed E-state index contributed by atoms with van der Waals surface area (Å²) in [4.78, 5) is 3.56. The fraction of sp³-hybridized carbons (Fsp3) is 0.286. The average Bonchev–Trinajstić information content (AvgIpc) is 2.00. The van der Waals surface area contributed by atoms with E-state index < -0.39 is 6.43 Å². The van der Waals surface area contributed by atoms with Crippen molar-refractivity contribution in [1.29, 1.82) is 0 Å². The quantitative estimate of drug-likeness (QED) is 0.805. The van der Waals surface area contributed by atoms with Crippen LogP contribution in [0.1, 0.15) is 17.7 Å². The highest BCUT2D eigenvalue weighted by Gasteiger charge is 2.15. The van der Waals surface area contributed by atoms with Gasteiger partial charge in [0.2, 0.25) is 0 Å². The van der Waals surface area contributed by atoms with Crippen molar-refractivity contribution < 1.29 is 8.78 Å². The van der Waals surface area contributed by atoms with Gasteiger partial charge in [-0.15, -0.1) is 0 Å². The lowest BCUT2D eigenvalue weighted by Crippen LogP contribution is -2.02. The van der Waals surface area contributed by atoms with E-state index in [2.05, 4.69) is 4.98 Å². The monoisotopic (exact) mass is 284 g/mol. The lowest BCUT2D eigenvalue weighted by atomic mass is 10.2. The van der Waals surface area contributed by atoms with Gasteiger partial charge < -0.3 is 5.73 Å². The summed E-state index contributed by atoms with van der Waals surface area (Å²) >= 11 is 1.93. The topological polar surface area (TPSA) is 38.9 Å². The standard InChI is InChI=1S/C7H7F2IN2/c1-3-2-12-6(7(8)9)5(11)4(3)10/h2,7H,11H2,1H3. The molecule has 2 N–H and O–H groups in total. The van der Waals surface area contributed by atoms with Crippen LogP contribution < -0.4 is 5.73 Å². The molecular formula is C7H7F2IN2. The minimum absolute atomic E-state index is 0.0885. The highest BCUT2D eigenvalue weighted by atomic mass is 127. The molecular weight excluding hydrogens is 277 g/mol. The van der Waals surface area contributed by atoms with Crippen LogP contribution in [0.3, 0.4) is 0 Å². The molecule has 0 saturated carbocycles. The molecule has 12 heavy (non-hydrogen) atoms. The van der Waals surface area contributed by atoms with Gasteiger partial charge in [0.15, 0.2) is 0 Å². The third kappa shape index (κ3) is 1.65. The van der Waals surface area contributed by atoms with E-state index in [1.807, 2.05) is 22.6 Å². The highest BCUT2D eigenvalue weighted by Crippen LogP contribution is 2.27. The molecule has 0 unspecified atom stereocenters. The fourth-order valence-electron chi connectivity index (χ4n) is 0.791. The Bertz CT molecular complexity index is 302. The summed E-state index contributed by atoms with van der Waals surface area (Å²) in [6, 6.07) is 0. The molecule has 1 heterocycles. The molecule has 0 saturated heterocycles. The van der Waals surface area contributed by atoms with Crippen molar-refractivity contribution in [2.24, 2.45) is 0 Å². The molecule has 1 rings (SSSR count). The lowest BCUT2D eigenvalue weighted by Gasteiger charge is -2.06. The van der Waals surface area contributed by atoms with Gasteiger partial charge in [-0.2, -0.15) is 0 Å². The number of nitrogen functional groups attached to an aromatic ring is 1. The van der Waals surface area contributed by atoms with Crippen molar-refractivity contribution in [2.75, 3.05) is 5.73 Å². The first kappa shape index (κ1) is 9.63. The van der Waals surface area contributed by atoms with Crippen molar-refractivity contribution in [3.63, 3.8) is 0 Å². The molecule has 0 amide bonds. The van der Waals surface area contributed by atoms with Crippen LogP contribution in [-0.2, 0) is 0 Å². The Hall–Kier alpha value is -0.460. The minimum atomic E-state index is -2.60. The molecule has 66 valence electrons. The smallest absolute Gasteiger partial charge is 0.282 e. The van der Waals surface area contributed by atoms with Gasteiger partial charge in [-0.05, 0) is 35.1 Å². The lowest BCUT2D eigenvalue weighted by molar-refractivity contribution is 0.147. The van der Waals surface area contributed by atoms with Crippen LogP contribution in [0.25, 0.3) is 0 Å². The van der Waals surface area contributed by atoms with E-state index in [1.165, 1.54) is 6.20 Å². The van der Waals surface area contributed by atoms with Gasteiger partial charge in [0.05, 0.1) is 5.69 Å². The van der Waals surface area contributed by atoms with Crippen LogP contribution in [0.4, 0.5) is 14.5 Å². The second-order valence-corrected chi connectivity index (χ2v) is 3.43. The van der Waals surface area contributed by atoms with Crippen molar-refractivity contribution in [3.05, 3.63) is 21.0 Å². The number of nitrogens with two attached hydrogens (primary N) is 1. The SMILES string of the molecule is Cc1cnc(C(F)F)c(N)c1I. The number of hydrogen-bond donors (Lipinski definition) is 1. The van der Waals surface area contributed by atoms with Gasteiger partial charge in [-0.1, -0.05) is 0 Å². The maximum absolute atomic E-state index is 12.2. The summed E-state index contributed by atoms with van der Waals surface area (Å²) in [6.07, 6.45) is -1.20. The van der Waals surface area contributed by atoms with Crippen LogP contribution >= 0.6 is 22.6 Å². The van der Waals surface area contributed by atoms with Crippen molar-refractivity contribution >= 4 is 28.3 Å². The number of rotatable bonds is 1. The van der Waals surface area contributed by atoms with E-state index in [4.69, 9.17) is 5.73 Å². The molecule has 2 nitrogen and oxygen atoms in total. The summed E-state index contributed by atoms with van der Waals surface area (Å²) in [7, 11) is 0. The molecule has 0 radical (unpaired) electrons. The van der Waals surface area contributed by atoms with Gasteiger partial charge in [-0.25, -0.2) is 8.78 Å². The summed E-state index contributed by atoms with van der Waals surface area (Å²) in [6.45, 7) is 1.78. The number of nitrogens with zero attached hydrogens (tertiary/aromatic N) is 1. The number of hydrogen-bond acceptors (Lipinski definition) is 2. The van der Waals surface area contributed by atoms with E-state index in [1.54, 1.807) is 6.92 Å². The Kier molecular flexibility index (Phi) is 2.81. The summed E-state index contributed by atoms with van der Waals surface area (Å²) in [5, 5.41) is 0. The first-order valence-electron chi connectivity index (χ1n) is 3.22. The number of pyridine rings is 1. The largest absolute Gasteiger partial charge is 0.396 e. The Balaban J connectivity index is 3.27. The van der Waals surface area contributed by atoms with Crippen LogP contribution in [0, 0.1) is 10.5 Å². The number of aryl methyl sites for hydroxylation is 1. The molecule has 0 aliphatic carbocycles. The van der Waals surface area contributed by atoms with Gasteiger partial charge in [0, 0.05) is 9.77 Å². The van der Waals surface area contributed by atoms with Crippen LogP contribution in [0.5, 0.6) is 0 Å². The van der Waals surface area contributed by atoms with E-state index in [-0.39, 0.29) is 11.4 Å².